The molecule has 0 aliphatic carbocycles. The highest BCUT2D eigenvalue weighted by Gasteiger charge is 2.29. The Kier molecular flexibility index (Phi) is 7.24. The highest BCUT2D eigenvalue weighted by atomic mass is 35.5. The monoisotopic (exact) mass is 562 g/mol. The summed E-state index contributed by atoms with van der Waals surface area (Å²) in [5, 5.41) is 0.476. The third kappa shape index (κ3) is 4.67. The number of para-hydroxylation sites is 2. The van der Waals surface area contributed by atoms with Crippen LogP contribution in [0.5, 0.6) is 5.75 Å². The van der Waals surface area contributed by atoms with Crippen molar-refractivity contribution in [3.8, 4) is 17.1 Å². The van der Waals surface area contributed by atoms with E-state index in [0.29, 0.717) is 21.2 Å². The number of thiophene rings is 1. The molecule has 0 saturated heterocycles. The van der Waals surface area contributed by atoms with Crippen LogP contribution in [-0.4, -0.2) is 27.7 Å². The number of halogens is 1. The quantitative estimate of drug-likeness (QED) is 0.171. The molecule has 0 fully saturated rings. The molecule has 2 aromatic heterocycles. The predicted molar refractivity (Wildman–Crippen MR) is 150 cm³/mol. The van der Waals surface area contributed by atoms with Crippen molar-refractivity contribution in [3.05, 3.63) is 116 Å². The number of rotatable bonds is 6. The lowest BCUT2D eigenvalue weighted by molar-refractivity contribution is 0.0527. The number of carbonyl (C=O) groups is 2. The fraction of sp³-hybridized carbons (Fsp3) is 0.0714. The van der Waals surface area contributed by atoms with E-state index >= 15 is 0 Å². The Hall–Kier alpha value is -4.05. The molecule has 0 unspecified atom stereocenters. The Morgan fingerprint density at radius 1 is 0.868 bits per heavy atom. The zero-order valence-corrected chi connectivity index (χ0v) is 22.3. The summed E-state index contributed by atoms with van der Waals surface area (Å²) in [5.74, 6) is -1.66. The van der Waals surface area contributed by atoms with E-state index in [1.165, 1.54) is 16.7 Å². The van der Waals surface area contributed by atoms with Gasteiger partial charge in [0.1, 0.15) is 10.2 Å². The first-order valence-corrected chi connectivity index (χ1v) is 13.1. The number of hydrogen-bond donors (Lipinski definition) is 0. The fourth-order valence-corrected chi connectivity index (χ4v) is 5.62. The van der Waals surface area contributed by atoms with E-state index in [-0.39, 0.29) is 33.0 Å². The number of ether oxygens (including phenoxy) is 2. The number of carbonyl (C=O) groups excluding carboxylic acids is 2. The molecule has 7 nitrogen and oxygen atoms in total. The molecule has 0 atom stereocenters. The molecule has 190 valence electrons. The third-order valence-corrected chi connectivity index (χ3v) is 7.37. The highest BCUT2D eigenvalue weighted by Crippen LogP contribution is 2.38. The molecule has 0 aliphatic rings. The molecule has 5 rings (SSSR count). The number of benzene rings is 3. The second-order valence-electron chi connectivity index (χ2n) is 7.99. The van der Waals surface area contributed by atoms with E-state index in [1.807, 2.05) is 36.4 Å². The van der Waals surface area contributed by atoms with Gasteiger partial charge in [0.25, 0.3) is 5.56 Å². The summed E-state index contributed by atoms with van der Waals surface area (Å²) in [5.41, 5.74) is 0.851. The maximum atomic E-state index is 14.0. The van der Waals surface area contributed by atoms with E-state index in [9.17, 15) is 14.4 Å². The zero-order chi connectivity index (χ0) is 26.8. The Morgan fingerprint density at radius 2 is 1.45 bits per heavy atom. The van der Waals surface area contributed by atoms with Crippen LogP contribution in [0, 0.1) is 4.77 Å². The average Bonchev–Trinajstić information content (AvgIpc) is 3.29. The van der Waals surface area contributed by atoms with E-state index in [0.717, 1.165) is 11.3 Å². The highest BCUT2D eigenvalue weighted by molar-refractivity contribution is 7.71. The summed E-state index contributed by atoms with van der Waals surface area (Å²) >= 11 is 12.7. The summed E-state index contributed by atoms with van der Waals surface area (Å²) in [4.78, 5) is 40.5. The molecule has 0 amide bonds. The van der Waals surface area contributed by atoms with Gasteiger partial charge < -0.3 is 9.47 Å². The van der Waals surface area contributed by atoms with Gasteiger partial charge in [-0.3, -0.25) is 13.9 Å². The third-order valence-electron chi connectivity index (χ3n) is 5.61. The van der Waals surface area contributed by atoms with Crippen molar-refractivity contribution in [2.75, 3.05) is 6.61 Å². The largest absolute Gasteiger partial charge is 0.462 e. The average molecular weight is 563 g/mol. The van der Waals surface area contributed by atoms with Gasteiger partial charge in [-0.25, -0.2) is 9.59 Å². The van der Waals surface area contributed by atoms with Crippen LogP contribution in [0.15, 0.2) is 89.7 Å². The number of esters is 2. The first-order valence-electron chi connectivity index (χ1n) is 11.5. The Morgan fingerprint density at radius 3 is 2.03 bits per heavy atom. The van der Waals surface area contributed by atoms with Gasteiger partial charge in [0.05, 0.1) is 17.9 Å². The lowest BCUT2D eigenvalue weighted by Crippen LogP contribution is -2.24. The smallest absolute Gasteiger partial charge is 0.352 e. The van der Waals surface area contributed by atoms with Crippen molar-refractivity contribution in [2.24, 2.45) is 0 Å². The molecule has 0 aliphatic heterocycles. The summed E-state index contributed by atoms with van der Waals surface area (Å²) in [6.45, 7) is 1.76. The standard InChI is InChI=1S/C28H19ClN2O5S2/c1-2-35-27(34)23-22(36-26(33)17-13-15-18(29)16-14-17)21-24(32)30(19-9-5-3-6-10-19)28(37)31(25(21)38-23)20-11-7-4-8-12-20/h3-16H,2H2,1H3. The first-order chi connectivity index (χ1) is 18.4. The van der Waals surface area contributed by atoms with Gasteiger partial charge in [-0.1, -0.05) is 48.0 Å². The number of fused-ring (bicyclic) bond motifs is 1. The van der Waals surface area contributed by atoms with E-state index in [1.54, 1.807) is 47.9 Å². The lowest BCUT2D eigenvalue weighted by atomic mass is 10.2. The maximum Gasteiger partial charge on any atom is 0.352 e. The van der Waals surface area contributed by atoms with Crippen LogP contribution in [0.3, 0.4) is 0 Å². The van der Waals surface area contributed by atoms with Gasteiger partial charge >= 0.3 is 11.9 Å². The van der Waals surface area contributed by atoms with Crippen LogP contribution >= 0.6 is 35.2 Å². The summed E-state index contributed by atoms with van der Waals surface area (Å²) < 4.78 is 14.2. The summed E-state index contributed by atoms with van der Waals surface area (Å²) in [6.07, 6.45) is 0. The summed E-state index contributed by atoms with van der Waals surface area (Å²) in [7, 11) is 0. The lowest BCUT2D eigenvalue weighted by Gasteiger charge is -2.14. The molecular weight excluding hydrogens is 544 g/mol. The van der Waals surface area contributed by atoms with E-state index in [2.05, 4.69) is 0 Å². The topological polar surface area (TPSA) is 79.5 Å². The van der Waals surface area contributed by atoms with Gasteiger partial charge in [-0.2, -0.15) is 0 Å². The molecule has 0 bridgehead atoms. The molecule has 3 aromatic carbocycles. The summed E-state index contributed by atoms with van der Waals surface area (Å²) in [6, 6.07) is 24.2. The molecule has 0 radical (unpaired) electrons. The van der Waals surface area contributed by atoms with Crippen molar-refractivity contribution in [1.29, 1.82) is 0 Å². The molecular formula is C28H19ClN2O5S2. The van der Waals surface area contributed by atoms with Crippen LogP contribution in [0.4, 0.5) is 0 Å². The van der Waals surface area contributed by atoms with Crippen LogP contribution in [0.1, 0.15) is 27.0 Å². The molecule has 5 aromatic rings. The number of hydrogen-bond acceptors (Lipinski definition) is 7. The van der Waals surface area contributed by atoms with Gasteiger partial charge in [-0.05, 0) is 67.7 Å². The second kappa shape index (κ2) is 10.7. The van der Waals surface area contributed by atoms with Crippen LogP contribution < -0.4 is 10.3 Å². The minimum Gasteiger partial charge on any atom is -0.462 e. The van der Waals surface area contributed by atoms with Crippen LogP contribution in [0.25, 0.3) is 21.6 Å². The second-order valence-corrected chi connectivity index (χ2v) is 9.79. The minimum atomic E-state index is -0.758. The normalized spacial score (nSPS) is 10.9. The van der Waals surface area contributed by atoms with Crippen molar-refractivity contribution >= 4 is 57.3 Å². The molecule has 2 heterocycles. The first kappa shape index (κ1) is 25.6. The maximum absolute atomic E-state index is 14.0. The van der Waals surface area contributed by atoms with E-state index < -0.39 is 17.5 Å². The Balaban J connectivity index is 1.86. The van der Waals surface area contributed by atoms with Crippen molar-refractivity contribution in [1.82, 2.24) is 9.13 Å². The molecule has 38 heavy (non-hydrogen) atoms. The fourth-order valence-electron chi connectivity index (χ4n) is 3.91. The molecule has 0 spiro atoms. The van der Waals surface area contributed by atoms with Crippen molar-refractivity contribution in [2.45, 2.75) is 6.92 Å². The van der Waals surface area contributed by atoms with Crippen LogP contribution in [0.2, 0.25) is 5.02 Å². The van der Waals surface area contributed by atoms with Gasteiger partial charge in [0.15, 0.2) is 15.4 Å². The number of aromatic nitrogens is 2. The number of nitrogens with zero attached hydrogens (tertiary/aromatic N) is 2. The Bertz CT molecular complexity index is 1780. The zero-order valence-electron chi connectivity index (χ0n) is 19.9. The van der Waals surface area contributed by atoms with Crippen molar-refractivity contribution in [3.63, 3.8) is 0 Å². The minimum absolute atomic E-state index is 0.0221. The predicted octanol–water partition coefficient (Wildman–Crippen LogP) is 6.62. The molecule has 0 saturated carbocycles. The Labute approximate surface area is 231 Å². The van der Waals surface area contributed by atoms with Crippen molar-refractivity contribution < 1.29 is 19.1 Å². The molecule has 10 heteroatoms. The van der Waals surface area contributed by atoms with Gasteiger partial charge in [0.2, 0.25) is 0 Å². The SMILES string of the molecule is CCOC(=O)c1sc2c(c1OC(=O)c1ccc(Cl)cc1)c(=O)n(-c1ccccc1)c(=S)n2-c1ccccc1. The molecule has 0 N–H and O–H groups in total. The van der Waals surface area contributed by atoms with E-state index in [4.69, 9.17) is 33.3 Å². The van der Waals surface area contributed by atoms with Crippen LogP contribution in [-0.2, 0) is 4.74 Å². The van der Waals surface area contributed by atoms with Gasteiger partial charge in [0, 0.05) is 10.7 Å². The van der Waals surface area contributed by atoms with Gasteiger partial charge in [-0.15, -0.1) is 11.3 Å².